The average Bonchev–Trinajstić information content (AvgIpc) is 2.27. The van der Waals surface area contributed by atoms with Gasteiger partial charge in [-0.15, -0.1) is 0 Å². The Labute approximate surface area is 90.0 Å². The number of carbonyl (C=O) groups is 2. The molecule has 1 aromatic carbocycles. The lowest BCUT2D eigenvalue weighted by Gasteiger charge is -2.23. The van der Waals surface area contributed by atoms with Crippen molar-refractivity contribution in [3.05, 3.63) is 34.9 Å². The lowest BCUT2D eigenvalue weighted by Crippen LogP contribution is -2.31. The van der Waals surface area contributed by atoms with Crippen LogP contribution in [0.25, 0.3) is 0 Å². The highest BCUT2D eigenvalue weighted by atomic mass is 19.1. The van der Waals surface area contributed by atoms with E-state index in [2.05, 4.69) is 0 Å². The van der Waals surface area contributed by atoms with Gasteiger partial charge < -0.3 is 4.74 Å². The summed E-state index contributed by atoms with van der Waals surface area (Å²) in [7, 11) is 0. The van der Waals surface area contributed by atoms with Gasteiger partial charge in [-0.25, -0.2) is 8.78 Å². The van der Waals surface area contributed by atoms with Gasteiger partial charge in [0.25, 0.3) is 0 Å². The molecule has 0 fully saturated rings. The van der Waals surface area contributed by atoms with Crippen molar-refractivity contribution < 1.29 is 23.1 Å². The summed E-state index contributed by atoms with van der Waals surface area (Å²) in [6.45, 7) is -0.119. The molecule has 0 spiro atoms. The number of benzene rings is 1. The Bertz CT molecular complexity index is 457. The van der Waals surface area contributed by atoms with Gasteiger partial charge in [0.15, 0.2) is 6.29 Å². The smallest absolute Gasteiger partial charge is 0.224 e. The Morgan fingerprint density at radius 3 is 2.88 bits per heavy atom. The third kappa shape index (κ3) is 1.86. The average molecular weight is 226 g/mol. The van der Waals surface area contributed by atoms with Crippen molar-refractivity contribution in [2.45, 2.75) is 19.1 Å². The number of fused-ring (bicyclic) bond motifs is 1. The van der Waals surface area contributed by atoms with Crippen molar-refractivity contribution in [1.82, 2.24) is 0 Å². The van der Waals surface area contributed by atoms with Crippen LogP contribution in [0.5, 0.6) is 0 Å². The fourth-order valence-corrected chi connectivity index (χ4v) is 1.70. The lowest BCUT2D eigenvalue weighted by atomic mass is 9.97. The Morgan fingerprint density at radius 2 is 2.19 bits per heavy atom. The van der Waals surface area contributed by atoms with Gasteiger partial charge in [0.2, 0.25) is 5.78 Å². The summed E-state index contributed by atoms with van der Waals surface area (Å²) in [4.78, 5) is 21.3. The maximum Gasteiger partial charge on any atom is 0.224 e. The van der Waals surface area contributed by atoms with Gasteiger partial charge in [-0.05, 0) is 11.6 Å². The molecule has 1 unspecified atom stereocenters. The molecule has 16 heavy (non-hydrogen) atoms. The van der Waals surface area contributed by atoms with Gasteiger partial charge in [0.05, 0.1) is 6.61 Å². The lowest BCUT2D eigenvalue weighted by molar-refractivity contribution is -0.139. The molecule has 0 saturated heterocycles. The zero-order chi connectivity index (χ0) is 11.7. The second-order valence-electron chi connectivity index (χ2n) is 3.55. The van der Waals surface area contributed by atoms with E-state index < -0.39 is 23.5 Å². The Balaban J connectivity index is 2.33. The first-order valence-corrected chi connectivity index (χ1v) is 4.69. The first kappa shape index (κ1) is 10.9. The quantitative estimate of drug-likeness (QED) is 0.561. The van der Waals surface area contributed by atoms with Crippen LogP contribution in [0.4, 0.5) is 8.78 Å². The molecule has 0 saturated carbocycles. The van der Waals surface area contributed by atoms with E-state index in [1.165, 1.54) is 0 Å². The molecule has 0 bridgehead atoms. The SMILES string of the molecule is O=CC(=O)C1Cc2cc(F)cc(F)c2CO1. The van der Waals surface area contributed by atoms with E-state index in [4.69, 9.17) is 4.74 Å². The zero-order valence-electron chi connectivity index (χ0n) is 8.20. The predicted octanol–water partition coefficient (Wildman–Crippen LogP) is 1.17. The van der Waals surface area contributed by atoms with Crippen LogP contribution in [0, 0.1) is 11.6 Å². The number of hydrogen-bond donors (Lipinski definition) is 0. The normalized spacial score (nSPS) is 19.0. The predicted molar refractivity (Wildman–Crippen MR) is 49.7 cm³/mol. The van der Waals surface area contributed by atoms with Gasteiger partial charge in [0.1, 0.15) is 17.7 Å². The van der Waals surface area contributed by atoms with E-state index in [1.54, 1.807) is 0 Å². The minimum absolute atomic E-state index is 0.0294. The van der Waals surface area contributed by atoms with Crippen LogP contribution in [-0.2, 0) is 27.4 Å². The zero-order valence-corrected chi connectivity index (χ0v) is 8.20. The largest absolute Gasteiger partial charge is 0.365 e. The van der Waals surface area contributed by atoms with Crippen LogP contribution in [0.15, 0.2) is 12.1 Å². The van der Waals surface area contributed by atoms with Gasteiger partial charge >= 0.3 is 0 Å². The first-order chi connectivity index (χ1) is 7.61. The van der Waals surface area contributed by atoms with Crippen molar-refractivity contribution in [3.63, 3.8) is 0 Å². The fourth-order valence-electron chi connectivity index (χ4n) is 1.70. The molecule has 84 valence electrons. The number of carbonyl (C=O) groups excluding carboxylic acids is 2. The molecule has 1 heterocycles. The minimum atomic E-state index is -0.925. The summed E-state index contributed by atoms with van der Waals surface area (Å²) < 4.78 is 31.2. The number of halogens is 2. The summed E-state index contributed by atoms with van der Waals surface area (Å²) in [5.41, 5.74) is 0.625. The van der Waals surface area contributed by atoms with E-state index in [1.807, 2.05) is 0 Å². The first-order valence-electron chi connectivity index (χ1n) is 4.69. The maximum absolute atomic E-state index is 13.3. The molecule has 5 heteroatoms. The molecule has 0 aliphatic carbocycles. The second-order valence-corrected chi connectivity index (χ2v) is 3.55. The highest BCUT2D eigenvalue weighted by Crippen LogP contribution is 2.24. The molecule has 0 radical (unpaired) electrons. The highest BCUT2D eigenvalue weighted by molar-refractivity contribution is 6.27. The van der Waals surface area contributed by atoms with Crippen molar-refractivity contribution in [1.29, 1.82) is 0 Å². The Kier molecular flexibility index (Phi) is 2.78. The van der Waals surface area contributed by atoms with Crippen molar-refractivity contribution in [3.8, 4) is 0 Å². The van der Waals surface area contributed by atoms with Gasteiger partial charge in [-0.2, -0.15) is 0 Å². The number of hydrogen-bond acceptors (Lipinski definition) is 3. The standard InChI is InChI=1S/C11H8F2O3/c12-7-1-6-2-11(10(15)4-14)16-5-8(6)9(13)3-7/h1,3-4,11H,2,5H2. The molecule has 0 aromatic heterocycles. The van der Waals surface area contributed by atoms with Crippen LogP contribution < -0.4 is 0 Å². The Morgan fingerprint density at radius 1 is 1.44 bits per heavy atom. The van der Waals surface area contributed by atoms with E-state index in [-0.39, 0.29) is 24.9 Å². The van der Waals surface area contributed by atoms with Crippen LogP contribution >= 0.6 is 0 Å². The molecule has 2 rings (SSSR count). The minimum Gasteiger partial charge on any atom is -0.365 e. The summed E-state index contributed by atoms with van der Waals surface area (Å²) in [6.07, 6.45) is -0.737. The van der Waals surface area contributed by atoms with E-state index in [9.17, 15) is 18.4 Å². The summed E-state index contributed by atoms with van der Waals surface area (Å²) in [5, 5.41) is 0. The number of ketones is 1. The maximum atomic E-state index is 13.3. The molecule has 0 amide bonds. The molecule has 1 aliphatic rings. The van der Waals surface area contributed by atoms with Crippen LogP contribution in [0.2, 0.25) is 0 Å². The van der Waals surface area contributed by atoms with Gasteiger partial charge in [-0.3, -0.25) is 9.59 Å². The van der Waals surface area contributed by atoms with E-state index in [0.717, 1.165) is 12.1 Å². The van der Waals surface area contributed by atoms with E-state index in [0.29, 0.717) is 5.56 Å². The number of Topliss-reactive ketones (excluding diaryl/α,β-unsaturated/α-hetero) is 1. The fraction of sp³-hybridized carbons (Fsp3) is 0.273. The number of ether oxygens (including phenoxy) is 1. The molecular weight excluding hydrogens is 218 g/mol. The van der Waals surface area contributed by atoms with Crippen molar-refractivity contribution >= 4 is 12.1 Å². The highest BCUT2D eigenvalue weighted by Gasteiger charge is 2.27. The van der Waals surface area contributed by atoms with E-state index >= 15 is 0 Å². The molecule has 1 aliphatic heterocycles. The monoisotopic (exact) mass is 226 g/mol. The molecule has 0 N–H and O–H groups in total. The molecule has 1 aromatic rings. The van der Waals surface area contributed by atoms with Crippen LogP contribution in [-0.4, -0.2) is 18.2 Å². The molecular formula is C11H8F2O3. The number of aldehydes is 1. The van der Waals surface area contributed by atoms with Crippen LogP contribution in [0.3, 0.4) is 0 Å². The van der Waals surface area contributed by atoms with Crippen LogP contribution in [0.1, 0.15) is 11.1 Å². The Hall–Kier alpha value is -1.62. The summed E-state index contributed by atoms with van der Waals surface area (Å²) in [6, 6.07) is 1.93. The molecule has 1 atom stereocenters. The van der Waals surface area contributed by atoms with Gasteiger partial charge in [-0.1, -0.05) is 0 Å². The van der Waals surface area contributed by atoms with Crippen molar-refractivity contribution in [2.75, 3.05) is 0 Å². The summed E-state index contributed by atoms with van der Waals surface area (Å²) in [5.74, 6) is -2.10. The molecule has 3 nitrogen and oxygen atoms in total. The number of rotatable bonds is 2. The van der Waals surface area contributed by atoms with Crippen molar-refractivity contribution in [2.24, 2.45) is 0 Å². The van der Waals surface area contributed by atoms with Gasteiger partial charge in [0, 0.05) is 18.1 Å². The third-order valence-corrected chi connectivity index (χ3v) is 2.52. The topological polar surface area (TPSA) is 43.4 Å². The third-order valence-electron chi connectivity index (χ3n) is 2.52. The summed E-state index contributed by atoms with van der Waals surface area (Å²) >= 11 is 0. The second kappa shape index (κ2) is 4.09.